The van der Waals surface area contributed by atoms with E-state index in [9.17, 15) is 0 Å². The van der Waals surface area contributed by atoms with Crippen LogP contribution in [-0.4, -0.2) is 11.5 Å². The van der Waals surface area contributed by atoms with E-state index in [1.807, 2.05) is 18.2 Å². The number of hydrogen-bond donors (Lipinski definition) is 1. The van der Waals surface area contributed by atoms with Crippen molar-refractivity contribution < 1.29 is 4.42 Å². The number of halogens is 1. The van der Waals surface area contributed by atoms with Gasteiger partial charge in [-0.1, -0.05) is 18.0 Å². The number of oxazole rings is 1. The number of nitrogens with two attached hydrogens (primary N) is 1. The quantitative estimate of drug-likeness (QED) is 0.911. The van der Waals surface area contributed by atoms with E-state index in [0.717, 1.165) is 23.4 Å². The van der Waals surface area contributed by atoms with E-state index >= 15 is 0 Å². The van der Waals surface area contributed by atoms with Crippen LogP contribution in [0.15, 0.2) is 22.6 Å². The van der Waals surface area contributed by atoms with Gasteiger partial charge in [-0.3, -0.25) is 0 Å². The number of benzene rings is 1. The molecular weight excluding hydrogens is 236 g/mol. The Bertz CT molecular complexity index is 540. The van der Waals surface area contributed by atoms with Gasteiger partial charge in [0.25, 0.3) is 0 Å². The van der Waals surface area contributed by atoms with Crippen molar-refractivity contribution in [2.24, 2.45) is 11.1 Å². The van der Waals surface area contributed by atoms with Crippen LogP contribution in [0.1, 0.15) is 25.2 Å². The highest BCUT2D eigenvalue weighted by molar-refractivity contribution is 6.31. The van der Waals surface area contributed by atoms with E-state index in [1.165, 1.54) is 19.3 Å². The van der Waals surface area contributed by atoms with Gasteiger partial charge in [0.2, 0.25) is 0 Å². The first kappa shape index (κ1) is 11.1. The summed E-state index contributed by atoms with van der Waals surface area (Å²) in [4.78, 5) is 4.48. The first-order valence-electron chi connectivity index (χ1n) is 5.96. The normalized spacial score (nSPS) is 18.2. The number of fused-ring (bicyclic) bond motifs is 1. The first-order valence-corrected chi connectivity index (χ1v) is 6.34. The Morgan fingerprint density at radius 3 is 2.88 bits per heavy atom. The number of nitrogens with zero attached hydrogens (tertiary/aromatic N) is 1. The van der Waals surface area contributed by atoms with Gasteiger partial charge in [-0.25, -0.2) is 4.98 Å². The van der Waals surface area contributed by atoms with Crippen LogP contribution in [0.3, 0.4) is 0 Å². The Balaban J connectivity index is 1.90. The van der Waals surface area contributed by atoms with E-state index in [-0.39, 0.29) is 5.41 Å². The second-order valence-corrected chi connectivity index (χ2v) is 5.39. The van der Waals surface area contributed by atoms with Gasteiger partial charge in [-0.15, -0.1) is 0 Å². The minimum absolute atomic E-state index is 0.227. The molecule has 0 atom stereocenters. The van der Waals surface area contributed by atoms with Gasteiger partial charge < -0.3 is 10.2 Å². The summed E-state index contributed by atoms with van der Waals surface area (Å²) in [6.07, 6.45) is 4.48. The zero-order chi connectivity index (χ0) is 11.9. The molecule has 1 aliphatic rings. The third-order valence-corrected chi connectivity index (χ3v) is 4.00. The standard InChI is InChI=1S/C13H15ClN2O/c14-9-2-3-11-10(6-9)16-12(17-11)7-13(8-15)4-1-5-13/h2-3,6H,1,4-5,7-8,15H2. The molecule has 17 heavy (non-hydrogen) atoms. The van der Waals surface area contributed by atoms with Crippen molar-refractivity contribution >= 4 is 22.7 Å². The molecule has 0 spiro atoms. The molecular formula is C13H15ClN2O. The van der Waals surface area contributed by atoms with E-state index in [4.69, 9.17) is 21.8 Å². The van der Waals surface area contributed by atoms with Crippen LogP contribution in [-0.2, 0) is 6.42 Å². The van der Waals surface area contributed by atoms with Crippen LogP contribution in [0.5, 0.6) is 0 Å². The van der Waals surface area contributed by atoms with Crippen molar-refractivity contribution in [3.8, 4) is 0 Å². The molecule has 1 aliphatic carbocycles. The Labute approximate surface area is 105 Å². The molecule has 3 nitrogen and oxygen atoms in total. The van der Waals surface area contributed by atoms with E-state index in [1.54, 1.807) is 0 Å². The van der Waals surface area contributed by atoms with Crippen molar-refractivity contribution in [2.45, 2.75) is 25.7 Å². The van der Waals surface area contributed by atoms with Crippen molar-refractivity contribution in [3.05, 3.63) is 29.1 Å². The van der Waals surface area contributed by atoms with E-state index < -0.39 is 0 Å². The molecule has 90 valence electrons. The highest BCUT2D eigenvalue weighted by Gasteiger charge is 2.37. The lowest BCUT2D eigenvalue weighted by Gasteiger charge is -2.39. The summed E-state index contributed by atoms with van der Waals surface area (Å²) < 4.78 is 5.73. The van der Waals surface area contributed by atoms with E-state index in [0.29, 0.717) is 11.6 Å². The van der Waals surface area contributed by atoms with Crippen LogP contribution in [0.4, 0.5) is 0 Å². The number of hydrogen-bond acceptors (Lipinski definition) is 3. The predicted molar refractivity (Wildman–Crippen MR) is 68.1 cm³/mol. The zero-order valence-electron chi connectivity index (χ0n) is 9.58. The molecule has 0 saturated heterocycles. The van der Waals surface area contributed by atoms with Crippen molar-refractivity contribution in [1.29, 1.82) is 0 Å². The number of aromatic nitrogens is 1. The van der Waals surface area contributed by atoms with Crippen LogP contribution in [0.25, 0.3) is 11.1 Å². The highest BCUT2D eigenvalue weighted by Crippen LogP contribution is 2.42. The lowest BCUT2D eigenvalue weighted by atomic mass is 9.67. The lowest BCUT2D eigenvalue weighted by molar-refractivity contribution is 0.134. The monoisotopic (exact) mass is 250 g/mol. The molecule has 2 aromatic rings. The fraction of sp³-hybridized carbons (Fsp3) is 0.462. The topological polar surface area (TPSA) is 52.0 Å². The SMILES string of the molecule is NCC1(Cc2nc3cc(Cl)ccc3o2)CCC1. The molecule has 0 radical (unpaired) electrons. The maximum atomic E-state index is 5.93. The second-order valence-electron chi connectivity index (χ2n) is 4.95. The fourth-order valence-electron chi connectivity index (χ4n) is 2.47. The third-order valence-electron chi connectivity index (χ3n) is 3.77. The Hall–Kier alpha value is -1.06. The van der Waals surface area contributed by atoms with Gasteiger partial charge in [0.15, 0.2) is 11.5 Å². The number of rotatable bonds is 3. The molecule has 1 aromatic carbocycles. The maximum absolute atomic E-state index is 5.93. The van der Waals surface area contributed by atoms with Gasteiger partial charge in [-0.2, -0.15) is 0 Å². The second kappa shape index (κ2) is 4.00. The molecule has 0 unspecified atom stereocenters. The summed E-state index contributed by atoms with van der Waals surface area (Å²) in [7, 11) is 0. The van der Waals surface area contributed by atoms with Gasteiger partial charge in [-0.05, 0) is 43.0 Å². The summed E-state index contributed by atoms with van der Waals surface area (Å²) in [6.45, 7) is 0.715. The molecule has 1 fully saturated rings. The van der Waals surface area contributed by atoms with Crippen LogP contribution in [0, 0.1) is 5.41 Å². The molecule has 3 rings (SSSR count). The van der Waals surface area contributed by atoms with Gasteiger partial charge in [0.05, 0.1) is 0 Å². The molecule has 1 heterocycles. The summed E-state index contributed by atoms with van der Waals surface area (Å²) >= 11 is 5.93. The van der Waals surface area contributed by atoms with Gasteiger partial charge in [0, 0.05) is 11.4 Å². The van der Waals surface area contributed by atoms with Gasteiger partial charge in [0.1, 0.15) is 5.52 Å². The van der Waals surface area contributed by atoms with Crippen molar-refractivity contribution in [2.75, 3.05) is 6.54 Å². The summed E-state index contributed by atoms with van der Waals surface area (Å²) in [5.41, 5.74) is 7.71. The zero-order valence-corrected chi connectivity index (χ0v) is 10.3. The molecule has 4 heteroatoms. The Morgan fingerprint density at radius 2 is 2.24 bits per heavy atom. The maximum Gasteiger partial charge on any atom is 0.196 e. The average molecular weight is 251 g/mol. The molecule has 0 aliphatic heterocycles. The minimum atomic E-state index is 0.227. The van der Waals surface area contributed by atoms with Crippen molar-refractivity contribution in [1.82, 2.24) is 4.98 Å². The van der Waals surface area contributed by atoms with Crippen LogP contribution >= 0.6 is 11.6 Å². The van der Waals surface area contributed by atoms with Gasteiger partial charge >= 0.3 is 0 Å². The third kappa shape index (κ3) is 1.94. The Morgan fingerprint density at radius 1 is 1.41 bits per heavy atom. The lowest BCUT2D eigenvalue weighted by Crippen LogP contribution is -2.39. The largest absolute Gasteiger partial charge is 0.441 e. The Kier molecular flexibility index (Phi) is 2.60. The summed E-state index contributed by atoms with van der Waals surface area (Å²) in [6, 6.07) is 5.52. The molecule has 0 bridgehead atoms. The smallest absolute Gasteiger partial charge is 0.196 e. The highest BCUT2D eigenvalue weighted by atomic mass is 35.5. The molecule has 1 saturated carbocycles. The molecule has 1 aromatic heterocycles. The molecule has 2 N–H and O–H groups in total. The minimum Gasteiger partial charge on any atom is -0.441 e. The fourth-order valence-corrected chi connectivity index (χ4v) is 2.64. The van der Waals surface area contributed by atoms with Crippen LogP contribution in [0.2, 0.25) is 5.02 Å². The molecule has 0 amide bonds. The van der Waals surface area contributed by atoms with Crippen LogP contribution < -0.4 is 5.73 Å². The van der Waals surface area contributed by atoms with E-state index in [2.05, 4.69) is 4.98 Å². The van der Waals surface area contributed by atoms with Crippen molar-refractivity contribution in [3.63, 3.8) is 0 Å². The summed E-state index contributed by atoms with van der Waals surface area (Å²) in [5, 5.41) is 0.689. The summed E-state index contributed by atoms with van der Waals surface area (Å²) in [5.74, 6) is 0.785. The average Bonchev–Trinajstić information content (AvgIpc) is 2.65. The predicted octanol–water partition coefficient (Wildman–Crippen LogP) is 3.15. The first-order chi connectivity index (χ1) is 8.21.